The Kier molecular flexibility index (Phi) is 5.18. The number of likely N-dealkylation sites (N-methyl/N-ethyl adjacent to an activating group) is 1. The maximum absolute atomic E-state index is 13.1. The molecule has 2 amide bonds. The lowest BCUT2D eigenvalue weighted by molar-refractivity contribution is -0.154. The second kappa shape index (κ2) is 7.42. The van der Waals surface area contributed by atoms with Gasteiger partial charge in [0.2, 0.25) is 0 Å². The first kappa shape index (κ1) is 19.5. The van der Waals surface area contributed by atoms with Gasteiger partial charge in [0.05, 0.1) is 19.9 Å². The molecule has 28 heavy (non-hydrogen) atoms. The van der Waals surface area contributed by atoms with Crippen LogP contribution in [0.15, 0.2) is 36.4 Å². The van der Waals surface area contributed by atoms with Gasteiger partial charge in [-0.05, 0) is 49.2 Å². The number of hydrogen-bond donors (Lipinski definition) is 1. The lowest BCUT2D eigenvalue weighted by atomic mass is 10.00. The number of nitrogens with one attached hydrogen (secondary N) is 1. The summed E-state index contributed by atoms with van der Waals surface area (Å²) < 4.78 is 16.4. The van der Waals surface area contributed by atoms with E-state index in [1.165, 1.54) is 11.8 Å². The van der Waals surface area contributed by atoms with Crippen molar-refractivity contribution < 1.29 is 23.8 Å². The Morgan fingerprint density at radius 1 is 1.14 bits per heavy atom. The van der Waals surface area contributed by atoms with E-state index in [0.29, 0.717) is 22.9 Å². The third kappa shape index (κ3) is 3.47. The number of fused-ring (bicyclic) bond motifs is 1. The monoisotopic (exact) mass is 384 g/mol. The zero-order chi connectivity index (χ0) is 20.5. The number of methoxy groups -OCH3 is 2. The van der Waals surface area contributed by atoms with Crippen molar-refractivity contribution in [3.8, 4) is 17.2 Å². The van der Waals surface area contributed by atoms with Crippen LogP contribution in [0.3, 0.4) is 0 Å². The number of hydrogen-bond acceptors (Lipinski definition) is 5. The zero-order valence-electron chi connectivity index (χ0n) is 16.7. The molecule has 0 fully saturated rings. The predicted octanol–water partition coefficient (Wildman–Crippen LogP) is 2.76. The summed E-state index contributed by atoms with van der Waals surface area (Å²) in [6.07, 6.45) is 0. The quantitative estimate of drug-likeness (QED) is 0.802. The standard InChI is InChI=1S/C21H24N2O5/c1-13-6-8-16-15(10-13)22-19(24)21(2,28-16)20(25)23(3)12-14-7-9-17(26-4)18(11-14)27-5/h6-11H,12H2,1-5H3,(H,22,24). The molecule has 148 valence electrons. The zero-order valence-corrected chi connectivity index (χ0v) is 16.7. The molecule has 1 aliphatic heterocycles. The Morgan fingerprint density at radius 3 is 2.54 bits per heavy atom. The van der Waals surface area contributed by atoms with E-state index in [4.69, 9.17) is 14.2 Å². The van der Waals surface area contributed by atoms with Crippen LogP contribution in [0.4, 0.5) is 5.69 Å². The van der Waals surface area contributed by atoms with Gasteiger partial charge in [0, 0.05) is 13.6 Å². The van der Waals surface area contributed by atoms with Crippen LogP contribution in [0.25, 0.3) is 0 Å². The van der Waals surface area contributed by atoms with Crippen LogP contribution in [0, 0.1) is 6.92 Å². The minimum absolute atomic E-state index is 0.284. The first-order valence-electron chi connectivity index (χ1n) is 8.86. The predicted molar refractivity (Wildman–Crippen MR) is 105 cm³/mol. The molecule has 0 bridgehead atoms. The van der Waals surface area contributed by atoms with Gasteiger partial charge in [-0.1, -0.05) is 12.1 Å². The van der Waals surface area contributed by atoms with Crippen molar-refractivity contribution in [2.75, 3.05) is 26.6 Å². The van der Waals surface area contributed by atoms with Gasteiger partial charge in [-0.15, -0.1) is 0 Å². The van der Waals surface area contributed by atoms with Gasteiger partial charge in [-0.2, -0.15) is 0 Å². The average molecular weight is 384 g/mol. The number of anilines is 1. The van der Waals surface area contributed by atoms with Crippen molar-refractivity contribution in [3.05, 3.63) is 47.5 Å². The van der Waals surface area contributed by atoms with Crippen LogP contribution in [0.1, 0.15) is 18.1 Å². The summed E-state index contributed by atoms with van der Waals surface area (Å²) in [7, 11) is 4.74. The first-order valence-corrected chi connectivity index (χ1v) is 8.86. The van der Waals surface area contributed by atoms with Crippen LogP contribution < -0.4 is 19.5 Å². The van der Waals surface area contributed by atoms with Crippen LogP contribution in [-0.2, 0) is 16.1 Å². The highest BCUT2D eigenvalue weighted by atomic mass is 16.5. The summed E-state index contributed by atoms with van der Waals surface area (Å²) in [6.45, 7) is 3.69. The SMILES string of the molecule is COc1ccc(CN(C)C(=O)C2(C)Oc3ccc(C)cc3NC2=O)cc1OC. The molecule has 2 aromatic carbocycles. The molecule has 1 aliphatic rings. The molecule has 3 rings (SSSR count). The number of rotatable bonds is 5. The summed E-state index contributed by atoms with van der Waals surface area (Å²) >= 11 is 0. The van der Waals surface area contributed by atoms with Gasteiger partial charge in [0.25, 0.3) is 17.4 Å². The minimum atomic E-state index is -1.65. The fourth-order valence-electron chi connectivity index (χ4n) is 3.17. The Morgan fingerprint density at radius 2 is 1.86 bits per heavy atom. The van der Waals surface area contributed by atoms with Gasteiger partial charge in [-0.3, -0.25) is 9.59 Å². The molecule has 0 saturated carbocycles. The number of ether oxygens (including phenoxy) is 3. The van der Waals surface area contributed by atoms with Crippen molar-refractivity contribution in [3.63, 3.8) is 0 Å². The number of benzene rings is 2. The Hall–Kier alpha value is -3.22. The number of aryl methyl sites for hydroxylation is 1. The lowest BCUT2D eigenvalue weighted by Gasteiger charge is -2.36. The van der Waals surface area contributed by atoms with Gasteiger partial charge < -0.3 is 24.4 Å². The number of nitrogens with zero attached hydrogens (tertiary/aromatic N) is 1. The summed E-state index contributed by atoms with van der Waals surface area (Å²) in [6, 6.07) is 10.8. The van der Waals surface area contributed by atoms with E-state index in [0.717, 1.165) is 11.1 Å². The molecule has 1 N–H and O–H groups in total. The van der Waals surface area contributed by atoms with E-state index in [1.807, 2.05) is 25.1 Å². The highest BCUT2D eigenvalue weighted by molar-refractivity contribution is 6.15. The van der Waals surface area contributed by atoms with Crippen molar-refractivity contribution in [1.82, 2.24) is 4.90 Å². The van der Waals surface area contributed by atoms with Crippen LogP contribution in [0.2, 0.25) is 0 Å². The summed E-state index contributed by atoms with van der Waals surface area (Å²) in [5, 5.41) is 2.78. The summed E-state index contributed by atoms with van der Waals surface area (Å²) in [5.41, 5.74) is 0.749. The molecule has 2 aromatic rings. The first-order chi connectivity index (χ1) is 13.3. The normalized spacial score (nSPS) is 17.8. The molecule has 0 spiro atoms. The second-order valence-corrected chi connectivity index (χ2v) is 6.94. The summed E-state index contributed by atoms with van der Waals surface area (Å²) in [5.74, 6) is 0.721. The van der Waals surface area contributed by atoms with E-state index in [-0.39, 0.29) is 6.54 Å². The lowest BCUT2D eigenvalue weighted by Crippen LogP contribution is -2.58. The molecule has 1 atom stereocenters. The third-order valence-electron chi connectivity index (χ3n) is 4.75. The highest BCUT2D eigenvalue weighted by Crippen LogP contribution is 2.35. The van der Waals surface area contributed by atoms with Gasteiger partial charge in [-0.25, -0.2) is 0 Å². The average Bonchev–Trinajstić information content (AvgIpc) is 2.68. The third-order valence-corrected chi connectivity index (χ3v) is 4.75. The Bertz CT molecular complexity index is 927. The van der Waals surface area contributed by atoms with E-state index >= 15 is 0 Å². The van der Waals surface area contributed by atoms with E-state index in [2.05, 4.69) is 5.32 Å². The second-order valence-electron chi connectivity index (χ2n) is 6.94. The smallest absolute Gasteiger partial charge is 0.278 e. The molecular weight excluding hydrogens is 360 g/mol. The molecule has 7 heteroatoms. The molecule has 7 nitrogen and oxygen atoms in total. The molecule has 0 saturated heterocycles. The number of carbonyl (C=O) groups is 2. The van der Waals surface area contributed by atoms with Gasteiger partial charge in [0.15, 0.2) is 11.5 Å². The van der Waals surface area contributed by atoms with Crippen LogP contribution >= 0.6 is 0 Å². The highest BCUT2D eigenvalue weighted by Gasteiger charge is 2.48. The van der Waals surface area contributed by atoms with Crippen molar-refractivity contribution in [1.29, 1.82) is 0 Å². The van der Waals surface area contributed by atoms with Crippen molar-refractivity contribution in [2.24, 2.45) is 0 Å². The Balaban J connectivity index is 1.81. The van der Waals surface area contributed by atoms with E-state index in [1.54, 1.807) is 39.5 Å². The molecule has 0 radical (unpaired) electrons. The number of amides is 2. The molecular formula is C21H24N2O5. The largest absolute Gasteiger partial charge is 0.493 e. The number of carbonyl (C=O) groups excluding carboxylic acids is 2. The van der Waals surface area contributed by atoms with Crippen molar-refractivity contribution in [2.45, 2.75) is 26.0 Å². The topological polar surface area (TPSA) is 77.1 Å². The van der Waals surface area contributed by atoms with Gasteiger partial charge in [0.1, 0.15) is 5.75 Å². The van der Waals surface area contributed by atoms with Crippen LogP contribution in [-0.4, -0.2) is 43.6 Å². The fraction of sp³-hybridized carbons (Fsp3) is 0.333. The molecule has 0 aromatic heterocycles. The Labute approximate surface area is 164 Å². The maximum atomic E-state index is 13.1. The molecule has 1 unspecified atom stereocenters. The maximum Gasteiger partial charge on any atom is 0.278 e. The summed E-state index contributed by atoms with van der Waals surface area (Å²) in [4.78, 5) is 27.2. The van der Waals surface area contributed by atoms with Gasteiger partial charge >= 0.3 is 0 Å². The van der Waals surface area contributed by atoms with Crippen molar-refractivity contribution >= 4 is 17.5 Å². The fourth-order valence-corrected chi connectivity index (χ4v) is 3.17. The minimum Gasteiger partial charge on any atom is -0.493 e. The van der Waals surface area contributed by atoms with E-state index in [9.17, 15) is 9.59 Å². The van der Waals surface area contributed by atoms with E-state index < -0.39 is 17.4 Å². The molecule has 1 heterocycles. The molecule has 0 aliphatic carbocycles. The van der Waals surface area contributed by atoms with Crippen LogP contribution in [0.5, 0.6) is 17.2 Å².